The molecule has 0 aromatic heterocycles. The maximum absolute atomic E-state index is 12.9. The van der Waals surface area contributed by atoms with Gasteiger partial charge in [-0.25, -0.2) is 4.79 Å². The summed E-state index contributed by atoms with van der Waals surface area (Å²) in [4.78, 5) is 38.7. The number of fused-ring (bicyclic) bond motifs is 5. The van der Waals surface area contributed by atoms with Gasteiger partial charge in [0, 0.05) is 10.6 Å². The fourth-order valence-electron chi connectivity index (χ4n) is 5.17. The Morgan fingerprint density at radius 1 is 0.972 bits per heavy atom. The average molecular weight is 509 g/mol. The van der Waals surface area contributed by atoms with Gasteiger partial charge >= 0.3 is 5.97 Å². The minimum absolute atomic E-state index is 0.0926. The van der Waals surface area contributed by atoms with Crippen molar-refractivity contribution in [2.45, 2.75) is 20.3 Å². The zero-order valence-corrected chi connectivity index (χ0v) is 20.6. The van der Waals surface area contributed by atoms with E-state index in [0.717, 1.165) is 11.4 Å². The normalized spacial score (nSPS) is 24.0. The molecule has 2 amide bonds. The number of carbonyl (C=O) groups is 3. The SMILES string of the molecule is CCOc1ccc(C(=O)Oc2ccc(Cl)cc2C=NN2C(=O)[C@@H]3[C@H](C2=O)[C@H]2C=C[C@H]3C2)cc1OCC. The first-order chi connectivity index (χ1) is 17.4. The number of hydrazone groups is 1. The molecule has 2 bridgehead atoms. The van der Waals surface area contributed by atoms with Crippen LogP contribution in [0.3, 0.4) is 0 Å². The molecule has 0 spiro atoms. The van der Waals surface area contributed by atoms with E-state index in [1.807, 2.05) is 26.0 Å². The van der Waals surface area contributed by atoms with Crippen LogP contribution >= 0.6 is 11.6 Å². The Morgan fingerprint density at radius 3 is 2.28 bits per heavy atom. The number of ether oxygens (including phenoxy) is 3. The van der Waals surface area contributed by atoms with Crippen LogP contribution in [0, 0.1) is 23.7 Å². The topological polar surface area (TPSA) is 94.5 Å². The van der Waals surface area contributed by atoms with E-state index in [2.05, 4.69) is 5.10 Å². The number of hydrogen-bond acceptors (Lipinski definition) is 7. The molecule has 0 unspecified atom stereocenters. The lowest BCUT2D eigenvalue weighted by Gasteiger charge is -2.13. The van der Waals surface area contributed by atoms with Crippen LogP contribution in [-0.4, -0.2) is 42.2 Å². The summed E-state index contributed by atoms with van der Waals surface area (Å²) >= 11 is 6.16. The van der Waals surface area contributed by atoms with Gasteiger partial charge in [-0.1, -0.05) is 23.8 Å². The molecule has 2 aromatic carbocycles. The number of rotatable bonds is 8. The molecule has 2 aromatic rings. The maximum atomic E-state index is 12.9. The number of carbonyl (C=O) groups excluding carboxylic acids is 3. The van der Waals surface area contributed by atoms with Crippen LogP contribution in [-0.2, 0) is 9.59 Å². The lowest BCUT2D eigenvalue weighted by Crippen LogP contribution is -2.28. The van der Waals surface area contributed by atoms with Crippen LogP contribution < -0.4 is 14.2 Å². The molecule has 5 rings (SSSR count). The third-order valence-corrected chi connectivity index (χ3v) is 6.95. The minimum atomic E-state index is -0.624. The van der Waals surface area contributed by atoms with Crippen LogP contribution in [0.1, 0.15) is 36.2 Å². The molecule has 2 fully saturated rings. The highest BCUT2D eigenvalue weighted by Gasteiger charge is 2.59. The summed E-state index contributed by atoms with van der Waals surface area (Å²) in [7, 11) is 0. The molecule has 2 aliphatic carbocycles. The third kappa shape index (κ3) is 4.26. The van der Waals surface area contributed by atoms with Crippen LogP contribution in [0.2, 0.25) is 5.02 Å². The fourth-order valence-corrected chi connectivity index (χ4v) is 5.35. The van der Waals surface area contributed by atoms with Crippen molar-refractivity contribution >= 4 is 35.6 Å². The Morgan fingerprint density at radius 2 is 1.61 bits per heavy atom. The summed E-state index contributed by atoms with van der Waals surface area (Å²) in [5.41, 5.74) is 0.617. The van der Waals surface area contributed by atoms with Gasteiger partial charge in [0.15, 0.2) is 11.5 Å². The monoisotopic (exact) mass is 508 g/mol. The van der Waals surface area contributed by atoms with E-state index in [9.17, 15) is 14.4 Å². The van der Waals surface area contributed by atoms with E-state index in [-0.39, 0.29) is 46.8 Å². The number of hydrogen-bond donors (Lipinski definition) is 0. The highest BCUT2D eigenvalue weighted by Crippen LogP contribution is 2.52. The molecule has 1 saturated carbocycles. The standard InChI is InChI=1S/C27H25ClN2O6/c1-3-34-21-9-7-17(13-22(21)35-4-2)27(33)36-20-10-8-19(28)12-18(20)14-29-30-25(31)23-15-5-6-16(11-15)24(23)26(30)32/h5-10,12-16,23-24H,3-4,11H2,1-2H3/t15-,16-,23-,24+/m0/s1. The van der Waals surface area contributed by atoms with Gasteiger partial charge in [0.05, 0.1) is 36.8 Å². The second-order valence-electron chi connectivity index (χ2n) is 8.83. The largest absolute Gasteiger partial charge is 0.490 e. The molecule has 1 aliphatic heterocycles. The molecule has 8 nitrogen and oxygen atoms in total. The van der Waals surface area contributed by atoms with E-state index in [0.29, 0.717) is 35.3 Å². The summed E-state index contributed by atoms with van der Waals surface area (Å²) in [6, 6.07) is 9.45. The Labute approximate surface area is 213 Å². The van der Waals surface area contributed by atoms with Crippen molar-refractivity contribution in [2.75, 3.05) is 13.2 Å². The average Bonchev–Trinajstić information content (AvgIpc) is 3.54. The van der Waals surface area contributed by atoms with Gasteiger partial charge < -0.3 is 14.2 Å². The zero-order chi connectivity index (χ0) is 25.4. The van der Waals surface area contributed by atoms with E-state index in [1.54, 1.807) is 30.3 Å². The first kappa shape index (κ1) is 24.1. The summed E-state index contributed by atoms with van der Waals surface area (Å²) in [5.74, 6) is -0.572. The summed E-state index contributed by atoms with van der Waals surface area (Å²) in [6.45, 7) is 4.56. The van der Waals surface area contributed by atoms with E-state index >= 15 is 0 Å². The maximum Gasteiger partial charge on any atom is 0.343 e. The Bertz CT molecular complexity index is 1260. The van der Waals surface area contributed by atoms with Gasteiger partial charge in [-0.3, -0.25) is 9.59 Å². The Hall–Kier alpha value is -3.65. The minimum Gasteiger partial charge on any atom is -0.490 e. The molecule has 4 atom stereocenters. The first-order valence-corrected chi connectivity index (χ1v) is 12.3. The number of allylic oxidation sites excluding steroid dienone is 2. The number of amides is 2. The predicted molar refractivity (Wildman–Crippen MR) is 132 cm³/mol. The number of nitrogens with zero attached hydrogens (tertiary/aromatic N) is 2. The lowest BCUT2D eigenvalue weighted by atomic mass is 9.85. The molecule has 186 valence electrons. The highest BCUT2D eigenvalue weighted by molar-refractivity contribution is 6.31. The fraction of sp³-hybridized carbons (Fsp3) is 0.333. The summed E-state index contributed by atoms with van der Waals surface area (Å²) in [6.07, 6.45) is 6.22. The molecular formula is C27H25ClN2O6. The van der Waals surface area contributed by atoms with Gasteiger partial charge in [-0.2, -0.15) is 10.1 Å². The Balaban J connectivity index is 1.36. The van der Waals surface area contributed by atoms with Crippen molar-refractivity contribution in [1.29, 1.82) is 0 Å². The molecule has 36 heavy (non-hydrogen) atoms. The van der Waals surface area contributed by atoms with Crippen molar-refractivity contribution in [2.24, 2.45) is 28.8 Å². The smallest absolute Gasteiger partial charge is 0.343 e. The van der Waals surface area contributed by atoms with Crippen molar-refractivity contribution in [3.63, 3.8) is 0 Å². The van der Waals surface area contributed by atoms with Crippen LogP contribution in [0.15, 0.2) is 53.7 Å². The first-order valence-electron chi connectivity index (χ1n) is 11.9. The summed E-state index contributed by atoms with van der Waals surface area (Å²) in [5, 5.41) is 5.50. The quantitative estimate of drug-likeness (QED) is 0.171. The molecule has 1 saturated heterocycles. The molecule has 0 radical (unpaired) electrons. The van der Waals surface area contributed by atoms with Crippen LogP contribution in [0.25, 0.3) is 0 Å². The van der Waals surface area contributed by atoms with E-state index in [1.165, 1.54) is 12.3 Å². The molecule has 3 aliphatic rings. The van der Waals surface area contributed by atoms with Crippen LogP contribution in [0.4, 0.5) is 0 Å². The highest BCUT2D eigenvalue weighted by atomic mass is 35.5. The summed E-state index contributed by atoms with van der Waals surface area (Å²) < 4.78 is 16.8. The van der Waals surface area contributed by atoms with Crippen molar-refractivity contribution in [3.8, 4) is 17.2 Å². The van der Waals surface area contributed by atoms with E-state index in [4.69, 9.17) is 25.8 Å². The van der Waals surface area contributed by atoms with Crippen molar-refractivity contribution in [1.82, 2.24) is 5.01 Å². The number of imide groups is 1. The molecule has 0 N–H and O–H groups in total. The van der Waals surface area contributed by atoms with Crippen molar-refractivity contribution in [3.05, 3.63) is 64.7 Å². The number of halogens is 1. The number of benzene rings is 2. The Kier molecular flexibility index (Phi) is 6.53. The third-order valence-electron chi connectivity index (χ3n) is 6.71. The molecular weight excluding hydrogens is 484 g/mol. The molecule has 1 heterocycles. The molecule has 9 heteroatoms. The van der Waals surface area contributed by atoms with Crippen molar-refractivity contribution < 1.29 is 28.6 Å². The second kappa shape index (κ2) is 9.78. The van der Waals surface area contributed by atoms with E-state index < -0.39 is 5.97 Å². The van der Waals surface area contributed by atoms with Gasteiger partial charge in [-0.15, -0.1) is 0 Å². The van der Waals surface area contributed by atoms with Gasteiger partial charge in [0.2, 0.25) is 0 Å². The van der Waals surface area contributed by atoms with Crippen LogP contribution in [0.5, 0.6) is 17.2 Å². The van der Waals surface area contributed by atoms with Gasteiger partial charge in [0.25, 0.3) is 11.8 Å². The number of esters is 1. The second-order valence-corrected chi connectivity index (χ2v) is 9.27. The zero-order valence-electron chi connectivity index (χ0n) is 19.8. The van der Waals surface area contributed by atoms with Gasteiger partial charge in [0.1, 0.15) is 5.75 Å². The van der Waals surface area contributed by atoms with Gasteiger partial charge in [-0.05, 0) is 68.5 Å². The predicted octanol–water partition coefficient (Wildman–Crippen LogP) is 4.50. The lowest BCUT2D eigenvalue weighted by molar-refractivity contribution is -0.140.